The maximum atomic E-state index is 11.0. The SMILES string of the molecule is CCCCCCCCCCCC(CC)OCOC(=O)CC. The van der Waals surface area contributed by atoms with Crippen molar-refractivity contribution in [3.63, 3.8) is 0 Å². The van der Waals surface area contributed by atoms with Crippen molar-refractivity contribution < 1.29 is 14.3 Å². The van der Waals surface area contributed by atoms with Crippen LogP contribution >= 0.6 is 0 Å². The summed E-state index contributed by atoms with van der Waals surface area (Å²) >= 11 is 0. The smallest absolute Gasteiger partial charge is 0.307 e. The molecule has 0 spiro atoms. The van der Waals surface area contributed by atoms with Crippen LogP contribution in [0.15, 0.2) is 0 Å². The van der Waals surface area contributed by atoms with Gasteiger partial charge < -0.3 is 9.47 Å². The summed E-state index contributed by atoms with van der Waals surface area (Å²) in [5.74, 6) is -0.187. The predicted octanol–water partition coefficient (Wildman–Crippen LogP) is 5.61. The fraction of sp³-hybridized carbons (Fsp3) is 0.944. The molecular formula is C18H36O3. The minimum atomic E-state index is -0.187. The average Bonchev–Trinajstić information content (AvgIpc) is 2.51. The van der Waals surface area contributed by atoms with Crippen LogP contribution in [0.25, 0.3) is 0 Å². The van der Waals surface area contributed by atoms with E-state index >= 15 is 0 Å². The molecule has 0 rings (SSSR count). The van der Waals surface area contributed by atoms with Crippen molar-refractivity contribution in [2.45, 2.75) is 104 Å². The molecule has 1 atom stereocenters. The summed E-state index contributed by atoms with van der Waals surface area (Å²) in [6.45, 7) is 6.29. The zero-order chi connectivity index (χ0) is 15.8. The Balaban J connectivity index is 3.36. The van der Waals surface area contributed by atoms with Gasteiger partial charge in [-0.25, -0.2) is 0 Å². The molecule has 0 aromatic rings. The van der Waals surface area contributed by atoms with E-state index in [-0.39, 0.29) is 18.9 Å². The lowest BCUT2D eigenvalue weighted by molar-refractivity contribution is -0.161. The first-order chi connectivity index (χ1) is 10.2. The minimum absolute atomic E-state index is 0.114. The molecule has 0 aliphatic carbocycles. The molecule has 0 amide bonds. The molecule has 0 aliphatic rings. The topological polar surface area (TPSA) is 35.5 Å². The Morgan fingerprint density at radius 2 is 1.43 bits per heavy atom. The third-order valence-electron chi connectivity index (χ3n) is 3.90. The van der Waals surface area contributed by atoms with E-state index in [4.69, 9.17) is 9.47 Å². The lowest BCUT2D eigenvalue weighted by atomic mass is 10.0. The molecule has 3 heteroatoms. The van der Waals surface area contributed by atoms with Crippen molar-refractivity contribution in [3.8, 4) is 0 Å². The van der Waals surface area contributed by atoms with E-state index in [1.807, 2.05) is 0 Å². The molecule has 126 valence electrons. The summed E-state index contributed by atoms with van der Waals surface area (Å²) < 4.78 is 10.5. The van der Waals surface area contributed by atoms with Gasteiger partial charge in [-0.05, 0) is 12.8 Å². The zero-order valence-corrected chi connectivity index (χ0v) is 14.5. The molecule has 0 saturated heterocycles. The van der Waals surface area contributed by atoms with Gasteiger partial charge in [0.2, 0.25) is 0 Å². The first-order valence-corrected chi connectivity index (χ1v) is 9.01. The van der Waals surface area contributed by atoms with Crippen LogP contribution in [-0.4, -0.2) is 18.9 Å². The molecule has 21 heavy (non-hydrogen) atoms. The van der Waals surface area contributed by atoms with Gasteiger partial charge in [0, 0.05) is 6.42 Å². The van der Waals surface area contributed by atoms with E-state index < -0.39 is 0 Å². The van der Waals surface area contributed by atoms with Crippen LogP contribution in [0.1, 0.15) is 97.8 Å². The van der Waals surface area contributed by atoms with Crippen molar-refractivity contribution in [1.82, 2.24) is 0 Å². The van der Waals surface area contributed by atoms with Gasteiger partial charge in [0.1, 0.15) is 0 Å². The van der Waals surface area contributed by atoms with E-state index in [2.05, 4.69) is 13.8 Å². The largest absolute Gasteiger partial charge is 0.438 e. The lowest BCUT2D eigenvalue weighted by Gasteiger charge is -2.15. The molecule has 0 bridgehead atoms. The Labute approximate surface area is 131 Å². The van der Waals surface area contributed by atoms with Crippen molar-refractivity contribution >= 4 is 5.97 Å². The van der Waals surface area contributed by atoms with Crippen LogP contribution in [-0.2, 0) is 14.3 Å². The summed E-state index contributed by atoms with van der Waals surface area (Å²) in [4.78, 5) is 11.0. The molecule has 0 aliphatic heterocycles. The summed E-state index contributed by atoms with van der Waals surface area (Å²) in [6, 6.07) is 0. The fourth-order valence-electron chi connectivity index (χ4n) is 2.39. The number of ether oxygens (including phenoxy) is 2. The Morgan fingerprint density at radius 1 is 0.857 bits per heavy atom. The highest BCUT2D eigenvalue weighted by Crippen LogP contribution is 2.13. The first-order valence-electron chi connectivity index (χ1n) is 9.01. The lowest BCUT2D eigenvalue weighted by Crippen LogP contribution is -2.16. The number of carbonyl (C=O) groups is 1. The van der Waals surface area contributed by atoms with Gasteiger partial charge in [0.25, 0.3) is 0 Å². The van der Waals surface area contributed by atoms with E-state index in [0.717, 1.165) is 12.8 Å². The Bertz CT molecular complexity index is 229. The highest BCUT2D eigenvalue weighted by atomic mass is 16.7. The van der Waals surface area contributed by atoms with Gasteiger partial charge in [-0.1, -0.05) is 78.6 Å². The number of rotatable bonds is 15. The van der Waals surface area contributed by atoms with Gasteiger partial charge in [0.05, 0.1) is 6.10 Å². The molecule has 0 fully saturated rings. The van der Waals surface area contributed by atoms with Crippen LogP contribution in [0.2, 0.25) is 0 Å². The maximum Gasteiger partial charge on any atom is 0.307 e. The second-order valence-corrected chi connectivity index (χ2v) is 5.80. The van der Waals surface area contributed by atoms with E-state index in [1.165, 1.54) is 57.8 Å². The normalized spacial score (nSPS) is 12.3. The highest BCUT2D eigenvalue weighted by molar-refractivity contribution is 5.68. The van der Waals surface area contributed by atoms with Gasteiger partial charge >= 0.3 is 5.97 Å². The van der Waals surface area contributed by atoms with Crippen LogP contribution in [0.4, 0.5) is 0 Å². The predicted molar refractivity (Wildman–Crippen MR) is 88.3 cm³/mol. The Morgan fingerprint density at radius 3 is 1.95 bits per heavy atom. The van der Waals surface area contributed by atoms with Crippen LogP contribution < -0.4 is 0 Å². The Kier molecular flexibility index (Phi) is 15.4. The monoisotopic (exact) mass is 300 g/mol. The third-order valence-corrected chi connectivity index (χ3v) is 3.90. The maximum absolute atomic E-state index is 11.0. The summed E-state index contributed by atoms with van der Waals surface area (Å²) in [5.41, 5.74) is 0. The summed E-state index contributed by atoms with van der Waals surface area (Å²) in [5, 5.41) is 0. The van der Waals surface area contributed by atoms with Crippen molar-refractivity contribution in [1.29, 1.82) is 0 Å². The molecule has 0 heterocycles. The first kappa shape index (κ1) is 20.4. The number of carbonyl (C=O) groups excluding carboxylic acids is 1. The fourth-order valence-corrected chi connectivity index (χ4v) is 2.39. The number of unbranched alkanes of at least 4 members (excludes halogenated alkanes) is 8. The molecule has 0 saturated carbocycles. The molecule has 3 nitrogen and oxygen atoms in total. The van der Waals surface area contributed by atoms with Crippen LogP contribution in [0.5, 0.6) is 0 Å². The van der Waals surface area contributed by atoms with Crippen LogP contribution in [0.3, 0.4) is 0 Å². The van der Waals surface area contributed by atoms with E-state index in [9.17, 15) is 4.79 Å². The van der Waals surface area contributed by atoms with Crippen molar-refractivity contribution in [2.75, 3.05) is 6.79 Å². The molecule has 0 aromatic heterocycles. The number of hydrogen-bond donors (Lipinski definition) is 0. The quantitative estimate of drug-likeness (QED) is 0.224. The highest BCUT2D eigenvalue weighted by Gasteiger charge is 2.07. The average molecular weight is 300 g/mol. The third kappa shape index (κ3) is 14.1. The van der Waals surface area contributed by atoms with E-state index in [1.54, 1.807) is 6.92 Å². The number of hydrogen-bond acceptors (Lipinski definition) is 3. The molecule has 0 radical (unpaired) electrons. The second-order valence-electron chi connectivity index (χ2n) is 5.80. The second kappa shape index (κ2) is 15.8. The molecule has 1 unspecified atom stereocenters. The molecule has 0 N–H and O–H groups in total. The van der Waals surface area contributed by atoms with Gasteiger partial charge in [-0.3, -0.25) is 4.79 Å². The standard InChI is InChI=1S/C18H36O3/c1-4-7-8-9-10-11-12-13-14-15-17(5-2)20-16-21-18(19)6-3/h17H,4-16H2,1-3H3. The number of esters is 1. The van der Waals surface area contributed by atoms with E-state index in [0.29, 0.717) is 6.42 Å². The Hall–Kier alpha value is -0.570. The van der Waals surface area contributed by atoms with Crippen molar-refractivity contribution in [2.24, 2.45) is 0 Å². The molecule has 0 aromatic carbocycles. The van der Waals surface area contributed by atoms with Crippen LogP contribution in [0, 0.1) is 0 Å². The minimum Gasteiger partial charge on any atom is -0.438 e. The summed E-state index contributed by atoms with van der Waals surface area (Å²) in [6.07, 6.45) is 14.8. The van der Waals surface area contributed by atoms with Gasteiger partial charge in [-0.2, -0.15) is 0 Å². The van der Waals surface area contributed by atoms with Crippen molar-refractivity contribution in [3.05, 3.63) is 0 Å². The summed E-state index contributed by atoms with van der Waals surface area (Å²) in [7, 11) is 0. The molecular weight excluding hydrogens is 264 g/mol. The van der Waals surface area contributed by atoms with Gasteiger partial charge in [-0.15, -0.1) is 0 Å². The van der Waals surface area contributed by atoms with Gasteiger partial charge in [0.15, 0.2) is 6.79 Å². The zero-order valence-electron chi connectivity index (χ0n) is 14.5.